The van der Waals surface area contributed by atoms with Gasteiger partial charge in [0.1, 0.15) is 18.1 Å². The highest BCUT2D eigenvalue weighted by Crippen LogP contribution is 2.32. The number of aldehydes is 1. The van der Waals surface area contributed by atoms with Crippen molar-refractivity contribution in [3.05, 3.63) is 58.1 Å². The van der Waals surface area contributed by atoms with Gasteiger partial charge in [-0.15, -0.1) is 0 Å². The van der Waals surface area contributed by atoms with E-state index >= 15 is 0 Å². The van der Waals surface area contributed by atoms with Gasteiger partial charge in [0, 0.05) is 0 Å². The maximum atomic E-state index is 10.9. The van der Waals surface area contributed by atoms with Crippen molar-refractivity contribution in [3.8, 4) is 11.5 Å². The molecule has 3 nitrogen and oxygen atoms in total. The minimum atomic E-state index is 0.0241. The first-order chi connectivity index (χ1) is 8.70. The summed E-state index contributed by atoms with van der Waals surface area (Å²) < 4.78 is 6.17. The second kappa shape index (κ2) is 5.69. The largest absolute Gasteiger partial charge is 0.508 e. The van der Waals surface area contributed by atoms with Crippen LogP contribution in [0.2, 0.25) is 0 Å². The number of aromatic hydroxyl groups is 1. The molecule has 0 fully saturated rings. The average molecular weight is 307 g/mol. The Morgan fingerprint density at radius 1 is 1.22 bits per heavy atom. The van der Waals surface area contributed by atoms with Gasteiger partial charge in [0.25, 0.3) is 0 Å². The predicted octanol–water partition coefficient (Wildman–Crippen LogP) is 3.55. The minimum absolute atomic E-state index is 0.0241. The third-order valence-corrected chi connectivity index (χ3v) is 3.00. The van der Waals surface area contributed by atoms with Crippen molar-refractivity contribution in [2.75, 3.05) is 0 Å². The van der Waals surface area contributed by atoms with Crippen LogP contribution in [0.15, 0.2) is 46.9 Å². The Hall–Kier alpha value is -1.81. The van der Waals surface area contributed by atoms with Crippen molar-refractivity contribution in [3.63, 3.8) is 0 Å². The molecular formula is C14H11BrO3. The van der Waals surface area contributed by atoms with Gasteiger partial charge in [-0.2, -0.15) is 0 Å². The summed E-state index contributed by atoms with van der Waals surface area (Å²) in [5.41, 5.74) is 1.33. The fourth-order valence-corrected chi connectivity index (χ4v) is 2.15. The highest BCUT2D eigenvalue weighted by molar-refractivity contribution is 9.10. The van der Waals surface area contributed by atoms with E-state index in [9.17, 15) is 9.90 Å². The van der Waals surface area contributed by atoms with Crippen LogP contribution in [0, 0.1) is 0 Å². The van der Waals surface area contributed by atoms with Gasteiger partial charge in [-0.3, -0.25) is 4.79 Å². The standard InChI is InChI=1S/C14H11BrO3/c15-13-7-12(17)6-11(8-16)14(13)18-9-10-4-2-1-3-5-10/h1-8,17H,9H2. The fourth-order valence-electron chi connectivity index (χ4n) is 1.57. The number of carbonyl (C=O) groups excluding carboxylic acids is 1. The van der Waals surface area contributed by atoms with Gasteiger partial charge in [0.2, 0.25) is 0 Å². The molecule has 0 atom stereocenters. The molecule has 2 aromatic carbocycles. The first-order valence-electron chi connectivity index (χ1n) is 5.35. The third kappa shape index (κ3) is 2.90. The monoisotopic (exact) mass is 306 g/mol. The summed E-state index contributed by atoms with van der Waals surface area (Å²) in [5, 5.41) is 9.39. The Balaban J connectivity index is 2.21. The van der Waals surface area contributed by atoms with E-state index in [-0.39, 0.29) is 5.75 Å². The van der Waals surface area contributed by atoms with E-state index in [1.54, 1.807) is 0 Å². The van der Waals surface area contributed by atoms with Crippen molar-refractivity contribution in [2.24, 2.45) is 0 Å². The van der Waals surface area contributed by atoms with Crippen LogP contribution in [-0.4, -0.2) is 11.4 Å². The van der Waals surface area contributed by atoms with Gasteiger partial charge in [-0.25, -0.2) is 0 Å². The smallest absolute Gasteiger partial charge is 0.153 e. The highest BCUT2D eigenvalue weighted by atomic mass is 79.9. The normalized spacial score (nSPS) is 10.1. The molecule has 0 aliphatic heterocycles. The summed E-state index contributed by atoms with van der Waals surface area (Å²) in [6.07, 6.45) is 0.658. The van der Waals surface area contributed by atoms with Gasteiger partial charge >= 0.3 is 0 Å². The molecule has 0 amide bonds. The molecule has 0 aliphatic rings. The fraction of sp³-hybridized carbons (Fsp3) is 0.0714. The van der Waals surface area contributed by atoms with E-state index < -0.39 is 0 Å². The zero-order valence-electron chi connectivity index (χ0n) is 9.47. The van der Waals surface area contributed by atoms with E-state index in [4.69, 9.17) is 4.74 Å². The molecule has 0 heterocycles. The van der Waals surface area contributed by atoms with Gasteiger partial charge in [0.05, 0.1) is 10.0 Å². The number of hydrogen-bond acceptors (Lipinski definition) is 3. The maximum Gasteiger partial charge on any atom is 0.153 e. The molecule has 0 bridgehead atoms. The topological polar surface area (TPSA) is 46.5 Å². The number of phenols is 1. The summed E-state index contributed by atoms with van der Waals surface area (Å²) >= 11 is 3.27. The van der Waals surface area contributed by atoms with Crippen LogP contribution in [0.3, 0.4) is 0 Å². The van der Waals surface area contributed by atoms with Crippen molar-refractivity contribution in [1.82, 2.24) is 0 Å². The molecule has 2 aromatic rings. The maximum absolute atomic E-state index is 10.9. The number of rotatable bonds is 4. The summed E-state index contributed by atoms with van der Waals surface area (Å²) in [4.78, 5) is 10.9. The molecule has 4 heteroatoms. The van der Waals surface area contributed by atoms with Crippen LogP contribution in [0.25, 0.3) is 0 Å². The molecule has 0 radical (unpaired) electrons. The number of benzene rings is 2. The molecule has 1 N–H and O–H groups in total. The quantitative estimate of drug-likeness (QED) is 0.879. The first-order valence-corrected chi connectivity index (χ1v) is 6.14. The van der Waals surface area contributed by atoms with E-state index in [1.807, 2.05) is 30.3 Å². The SMILES string of the molecule is O=Cc1cc(O)cc(Br)c1OCc1ccccc1. The van der Waals surface area contributed by atoms with Crippen LogP contribution in [0.1, 0.15) is 15.9 Å². The van der Waals surface area contributed by atoms with Crippen molar-refractivity contribution < 1.29 is 14.6 Å². The van der Waals surface area contributed by atoms with Crippen LogP contribution in [0.5, 0.6) is 11.5 Å². The molecular weight excluding hydrogens is 296 g/mol. The number of carbonyl (C=O) groups is 1. The number of halogens is 1. The summed E-state index contributed by atoms with van der Waals surface area (Å²) in [7, 11) is 0. The van der Waals surface area contributed by atoms with Crippen LogP contribution in [-0.2, 0) is 6.61 Å². The second-order valence-corrected chi connectivity index (χ2v) is 4.59. The van der Waals surface area contributed by atoms with Crippen molar-refractivity contribution >= 4 is 22.2 Å². The van der Waals surface area contributed by atoms with Crippen molar-refractivity contribution in [2.45, 2.75) is 6.61 Å². The lowest BCUT2D eigenvalue weighted by molar-refractivity contribution is 0.111. The van der Waals surface area contributed by atoms with Crippen LogP contribution >= 0.6 is 15.9 Å². The molecule has 0 spiro atoms. The van der Waals surface area contributed by atoms with E-state index in [0.717, 1.165) is 5.56 Å². The lowest BCUT2D eigenvalue weighted by atomic mass is 10.2. The zero-order valence-corrected chi connectivity index (χ0v) is 11.1. The van der Waals surface area contributed by atoms with Crippen LogP contribution < -0.4 is 4.74 Å². The second-order valence-electron chi connectivity index (χ2n) is 3.74. The Morgan fingerprint density at radius 2 is 1.94 bits per heavy atom. The Morgan fingerprint density at radius 3 is 2.61 bits per heavy atom. The molecule has 0 saturated heterocycles. The molecule has 0 saturated carbocycles. The third-order valence-electron chi connectivity index (χ3n) is 2.41. The van der Waals surface area contributed by atoms with E-state index in [1.165, 1.54) is 12.1 Å². The Bertz CT molecular complexity index is 552. The Labute approximate surface area is 113 Å². The Kier molecular flexibility index (Phi) is 3.99. The molecule has 0 aliphatic carbocycles. The van der Waals surface area contributed by atoms with Crippen LogP contribution in [0.4, 0.5) is 0 Å². The summed E-state index contributed by atoms with van der Waals surface area (Å²) in [5.74, 6) is 0.461. The number of ether oxygens (including phenoxy) is 1. The molecule has 18 heavy (non-hydrogen) atoms. The first kappa shape index (κ1) is 12.6. The molecule has 2 rings (SSSR count). The van der Waals surface area contributed by atoms with Gasteiger partial charge < -0.3 is 9.84 Å². The molecule has 0 aromatic heterocycles. The zero-order chi connectivity index (χ0) is 13.0. The van der Waals surface area contributed by atoms with Crippen molar-refractivity contribution in [1.29, 1.82) is 0 Å². The average Bonchev–Trinajstić information content (AvgIpc) is 2.38. The number of hydrogen-bond donors (Lipinski definition) is 1. The highest BCUT2D eigenvalue weighted by Gasteiger charge is 2.10. The lowest BCUT2D eigenvalue weighted by Gasteiger charge is -2.11. The minimum Gasteiger partial charge on any atom is -0.508 e. The molecule has 92 valence electrons. The lowest BCUT2D eigenvalue weighted by Crippen LogP contribution is -1.99. The summed E-state index contributed by atoms with van der Waals surface area (Å²) in [6, 6.07) is 12.5. The number of phenolic OH excluding ortho intramolecular Hbond substituents is 1. The summed E-state index contributed by atoms with van der Waals surface area (Å²) in [6.45, 7) is 0.366. The van der Waals surface area contributed by atoms with E-state index in [2.05, 4.69) is 15.9 Å². The van der Waals surface area contributed by atoms with Gasteiger partial charge in [-0.05, 0) is 33.6 Å². The molecule has 0 unspecified atom stereocenters. The van der Waals surface area contributed by atoms with Gasteiger partial charge in [0.15, 0.2) is 6.29 Å². The van der Waals surface area contributed by atoms with Gasteiger partial charge in [-0.1, -0.05) is 30.3 Å². The van der Waals surface area contributed by atoms with E-state index in [0.29, 0.717) is 28.7 Å². The predicted molar refractivity (Wildman–Crippen MR) is 72.0 cm³/mol.